The van der Waals surface area contributed by atoms with E-state index in [1.807, 2.05) is 0 Å². The average molecular weight is 244 g/mol. The van der Waals surface area contributed by atoms with Gasteiger partial charge in [-0.3, -0.25) is 0 Å². The Labute approximate surface area is 114 Å². The van der Waals surface area contributed by atoms with E-state index in [9.17, 15) is 0 Å². The molecule has 0 radical (unpaired) electrons. The second-order valence-corrected chi connectivity index (χ2v) is 5.49. The summed E-state index contributed by atoms with van der Waals surface area (Å²) in [4.78, 5) is 0. The molecule has 0 amide bonds. The molecule has 0 aliphatic heterocycles. The standard InChI is InChI=1S/C19H16/c1-13-12-15-11-10-14-6-2-3-8-17(14)19(15)18-9-5-4-7-16(13)18/h2-12,18-19H,1H3. The summed E-state index contributed by atoms with van der Waals surface area (Å²) in [6.45, 7) is 2.23. The van der Waals surface area contributed by atoms with Crippen molar-refractivity contribution in [2.75, 3.05) is 0 Å². The summed E-state index contributed by atoms with van der Waals surface area (Å²) >= 11 is 0. The molecule has 3 aliphatic carbocycles. The Balaban J connectivity index is 1.95. The maximum absolute atomic E-state index is 2.35. The zero-order valence-electron chi connectivity index (χ0n) is 11.0. The van der Waals surface area contributed by atoms with Crippen molar-refractivity contribution >= 4 is 6.08 Å². The Bertz CT molecular complexity index is 693. The normalized spacial score (nSPS) is 26.7. The van der Waals surface area contributed by atoms with Gasteiger partial charge >= 0.3 is 0 Å². The van der Waals surface area contributed by atoms with Crippen LogP contribution in [0.2, 0.25) is 0 Å². The molecule has 2 unspecified atom stereocenters. The van der Waals surface area contributed by atoms with Crippen LogP contribution in [-0.2, 0) is 0 Å². The Kier molecular flexibility index (Phi) is 2.25. The zero-order valence-corrected chi connectivity index (χ0v) is 11.0. The second-order valence-electron chi connectivity index (χ2n) is 5.49. The minimum Gasteiger partial charge on any atom is -0.0760 e. The molecular weight excluding hydrogens is 228 g/mol. The molecule has 0 fully saturated rings. The summed E-state index contributed by atoms with van der Waals surface area (Å²) in [5.74, 6) is 0.984. The minimum atomic E-state index is 0.487. The highest BCUT2D eigenvalue weighted by molar-refractivity contribution is 5.68. The fourth-order valence-electron chi connectivity index (χ4n) is 3.53. The summed E-state index contributed by atoms with van der Waals surface area (Å²) in [6, 6.07) is 8.78. The number of hydrogen-bond acceptors (Lipinski definition) is 0. The lowest BCUT2D eigenvalue weighted by Crippen LogP contribution is -2.22. The lowest BCUT2D eigenvalue weighted by atomic mass is 9.68. The summed E-state index contributed by atoms with van der Waals surface area (Å²) in [5, 5.41) is 0. The van der Waals surface area contributed by atoms with Crippen molar-refractivity contribution < 1.29 is 0 Å². The van der Waals surface area contributed by atoms with Crippen LogP contribution in [0.5, 0.6) is 0 Å². The Morgan fingerprint density at radius 3 is 2.79 bits per heavy atom. The van der Waals surface area contributed by atoms with Crippen LogP contribution in [0.4, 0.5) is 0 Å². The van der Waals surface area contributed by atoms with Crippen LogP contribution in [0, 0.1) is 5.92 Å². The van der Waals surface area contributed by atoms with E-state index in [1.54, 1.807) is 0 Å². The maximum atomic E-state index is 2.35. The van der Waals surface area contributed by atoms with E-state index >= 15 is 0 Å². The van der Waals surface area contributed by atoms with Crippen molar-refractivity contribution in [2.24, 2.45) is 5.92 Å². The number of allylic oxidation sites excluding steroid dienone is 9. The van der Waals surface area contributed by atoms with Gasteiger partial charge in [-0.25, -0.2) is 0 Å². The Hall–Kier alpha value is -2.08. The van der Waals surface area contributed by atoms with Crippen molar-refractivity contribution in [1.29, 1.82) is 0 Å². The van der Waals surface area contributed by atoms with Crippen LogP contribution in [0.25, 0.3) is 6.08 Å². The molecule has 1 aromatic carbocycles. The SMILES string of the molecule is CC1=C2C=CC=CC2C2C(=C1)C=Cc1ccccc12. The lowest BCUT2D eigenvalue weighted by Gasteiger charge is -2.36. The highest BCUT2D eigenvalue weighted by atomic mass is 14.4. The first kappa shape index (κ1) is 10.8. The first-order valence-electron chi connectivity index (χ1n) is 6.89. The van der Waals surface area contributed by atoms with Crippen molar-refractivity contribution in [3.63, 3.8) is 0 Å². The third-order valence-electron chi connectivity index (χ3n) is 4.41. The molecule has 19 heavy (non-hydrogen) atoms. The van der Waals surface area contributed by atoms with E-state index < -0.39 is 0 Å². The third kappa shape index (κ3) is 1.53. The number of hydrogen-bond donors (Lipinski definition) is 0. The smallest absolute Gasteiger partial charge is 0.0199 e. The molecule has 0 bridgehead atoms. The molecule has 0 saturated heterocycles. The Morgan fingerprint density at radius 1 is 0.947 bits per heavy atom. The molecule has 0 saturated carbocycles. The summed E-state index contributed by atoms with van der Waals surface area (Å²) < 4.78 is 0. The van der Waals surface area contributed by atoms with Crippen molar-refractivity contribution in [2.45, 2.75) is 12.8 Å². The highest BCUT2D eigenvalue weighted by Crippen LogP contribution is 2.47. The Morgan fingerprint density at radius 2 is 1.84 bits per heavy atom. The lowest BCUT2D eigenvalue weighted by molar-refractivity contribution is 0.638. The van der Waals surface area contributed by atoms with Crippen molar-refractivity contribution in [1.82, 2.24) is 0 Å². The van der Waals surface area contributed by atoms with E-state index in [-0.39, 0.29) is 0 Å². The van der Waals surface area contributed by atoms with Gasteiger partial charge in [0.15, 0.2) is 0 Å². The summed E-state index contributed by atoms with van der Waals surface area (Å²) in [5.41, 5.74) is 7.16. The third-order valence-corrected chi connectivity index (χ3v) is 4.41. The predicted octanol–water partition coefficient (Wildman–Crippen LogP) is 4.80. The molecule has 1 aromatic rings. The van der Waals surface area contributed by atoms with Crippen LogP contribution in [-0.4, -0.2) is 0 Å². The van der Waals surface area contributed by atoms with Crippen LogP contribution in [0.1, 0.15) is 24.0 Å². The van der Waals surface area contributed by atoms with Crippen molar-refractivity contribution in [3.8, 4) is 0 Å². The summed E-state index contributed by atoms with van der Waals surface area (Å²) in [6.07, 6.45) is 15.9. The van der Waals surface area contributed by atoms with E-state index in [0.29, 0.717) is 11.8 Å². The van der Waals surface area contributed by atoms with Gasteiger partial charge in [0.25, 0.3) is 0 Å². The molecule has 0 N–H and O–H groups in total. The van der Waals surface area contributed by atoms with Gasteiger partial charge < -0.3 is 0 Å². The van der Waals surface area contributed by atoms with Gasteiger partial charge in [0.1, 0.15) is 0 Å². The number of benzene rings is 1. The average Bonchev–Trinajstić information content (AvgIpc) is 2.47. The molecule has 4 rings (SSSR count). The first-order valence-corrected chi connectivity index (χ1v) is 6.89. The molecule has 0 aromatic heterocycles. The fourth-order valence-corrected chi connectivity index (χ4v) is 3.53. The minimum absolute atomic E-state index is 0.487. The quantitative estimate of drug-likeness (QED) is 0.615. The predicted molar refractivity (Wildman–Crippen MR) is 80.8 cm³/mol. The van der Waals surface area contributed by atoms with Gasteiger partial charge in [0.2, 0.25) is 0 Å². The second kappa shape index (κ2) is 3.96. The molecule has 0 nitrogen and oxygen atoms in total. The van der Waals surface area contributed by atoms with Gasteiger partial charge in [-0.15, -0.1) is 0 Å². The van der Waals surface area contributed by atoms with Crippen LogP contribution in [0.3, 0.4) is 0 Å². The molecule has 0 spiro atoms. The van der Waals surface area contributed by atoms with Gasteiger partial charge in [-0.1, -0.05) is 66.8 Å². The topological polar surface area (TPSA) is 0 Å². The van der Waals surface area contributed by atoms with E-state index in [0.717, 1.165) is 0 Å². The largest absolute Gasteiger partial charge is 0.0760 e. The molecule has 3 aliphatic rings. The molecule has 2 atom stereocenters. The number of rotatable bonds is 0. The molecular formula is C19H16. The first-order chi connectivity index (χ1) is 9.34. The molecule has 0 heteroatoms. The van der Waals surface area contributed by atoms with Crippen LogP contribution < -0.4 is 0 Å². The monoisotopic (exact) mass is 244 g/mol. The zero-order chi connectivity index (χ0) is 12.8. The van der Waals surface area contributed by atoms with Gasteiger partial charge in [0, 0.05) is 11.8 Å². The fraction of sp³-hybridized carbons (Fsp3) is 0.158. The maximum Gasteiger partial charge on any atom is 0.0199 e. The molecule has 0 heterocycles. The summed E-state index contributed by atoms with van der Waals surface area (Å²) in [7, 11) is 0. The van der Waals surface area contributed by atoms with E-state index in [2.05, 4.69) is 73.7 Å². The van der Waals surface area contributed by atoms with Gasteiger partial charge in [-0.05, 0) is 34.8 Å². The van der Waals surface area contributed by atoms with Gasteiger partial charge in [-0.2, -0.15) is 0 Å². The van der Waals surface area contributed by atoms with E-state index in [1.165, 1.54) is 27.8 Å². The highest BCUT2D eigenvalue weighted by Gasteiger charge is 2.33. The van der Waals surface area contributed by atoms with Crippen LogP contribution in [0.15, 0.2) is 77.4 Å². The van der Waals surface area contributed by atoms with Crippen LogP contribution >= 0.6 is 0 Å². The van der Waals surface area contributed by atoms with Crippen molar-refractivity contribution in [3.05, 3.63) is 88.6 Å². The van der Waals surface area contributed by atoms with Gasteiger partial charge in [0.05, 0.1) is 0 Å². The molecule has 92 valence electrons. The number of fused-ring (bicyclic) bond motifs is 5. The van der Waals surface area contributed by atoms with E-state index in [4.69, 9.17) is 0 Å².